The van der Waals surface area contributed by atoms with Gasteiger partial charge in [-0.05, 0) is 44.9 Å². The zero-order chi connectivity index (χ0) is 52.0. The Balaban J connectivity index is 3.46. The van der Waals surface area contributed by atoms with Gasteiger partial charge < -0.3 is 15.5 Å². The van der Waals surface area contributed by atoms with E-state index in [4.69, 9.17) is 0 Å². The van der Waals surface area contributed by atoms with Crippen molar-refractivity contribution in [3.63, 3.8) is 0 Å². The highest BCUT2D eigenvalue weighted by atomic mass is 16.3. The van der Waals surface area contributed by atoms with Gasteiger partial charge in [-0.3, -0.25) is 4.79 Å². The lowest BCUT2D eigenvalue weighted by atomic mass is 10.0. The summed E-state index contributed by atoms with van der Waals surface area (Å²) in [6.45, 7) is 4.34. The largest absolute Gasteiger partial charge is 0.394 e. The van der Waals surface area contributed by atoms with E-state index in [-0.39, 0.29) is 12.5 Å². The van der Waals surface area contributed by atoms with Gasteiger partial charge in [0.25, 0.3) is 0 Å². The molecule has 0 heterocycles. The molecule has 3 N–H and O–H groups in total. The van der Waals surface area contributed by atoms with Gasteiger partial charge in [-0.2, -0.15) is 0 Å². The van der Waals surface area contributed by atoms with Crippen molar-refractivity contribution < 1.29 is 15.0 Å². The molecule has 72 heavy (non-hydrogen) atoms. The molecule has 0 spiro atoms. The Morgan fingerprint density at radius 1 is 0.319 bits per heavy atom. The Hall–Kier alpha value is -1.39. The van der Waals surface area contributed by atoms with E-state index in [1.807, 2.05) is 6.08 Å². The first kappa shape index (κ1) is 70.6. The quantitative estimate of drug-likeness (QED) is 0.0420. The number of unbranched alkanes of at least 4 members (excludes halogenated alkanes) is 51. The molecule has 0 rings (SSSR count). The number of aliphatic hydroxyl groups is 2. The van der Waals surface area contributed by atoms with Gasteiger partial charge in [0.1, 0.15) is 0 Å². The van der Waals surface area contributed by atoms with E-state index < -0.39 is 12.1 Å². The third kappa shape index (κ3) is 59.5. The molecule has 426 valence electrons. The standard InChI is InChI=1S/C68H131NO3/c1-3-5-7-9-11-13-15-17-19-21-23-25-27-29-31-32-33-34-35-36-38-40-42-44-46-48-50-52-54-56-58-60-62-64-68(72)69-66(65-70)67(71)63-61-59-57-55-53-51-49-47-45-43-41-39-37-30-28-26-24-22-20-18-16-14-12-10-8-6-4-2/h45,47,53,55,61,63,66-67,70-71H,3-44,46,48-52,54,56-60,62,64-65H2,1-2H3,(H,69,72)/b47-45+,55-53+,63-61+. The second-order valence-corrected chi connectivity index (χ2v) is 22.9. The van der Waals surface area contributed by atoms with Crippen molar-refractivity contribution in [1.29, 1.82) is 0 Å². The Bertz CT molecular complexity index is 1100. The zero-order valence-electron chi connectivity index (χ0n) is 49.2. The van der Waals surface area contributed by atoms with E-state index >= 15 is 0 Å². The van der Waals surface area contributed by atoms with E-state index in [0.717, 1.165) is 38.5 Å². The van der Waals surface area contributed by atoms with Crippen molar-refractivity contribution in [3.05, 3.63) is 36.5 Å². The maximum atomic E-state index is 12.5. The second kappa shape index (κ2) is 63.9. The minimum atomic E-state index is -0.870. The number of allylic oxidation sites excluding steroid dienone is 5. The summed E-state index contributed by atoms with van der Waals surface area (Å²) in [5.74, 6) is -0.0700. The zero-order valence-corrected chi connectivity index (χ0v) is 49.2. The van der Waals surface area contributed by atoms with Crippen molar-refractivity contribution >= 4 is 5.91 Å². The van der Waals surface area contributed by atoms with Gasteiger partial charge in [0, 0.05) is 6.42 Å². The van der Waals surface area contributed by atoms with E-state index in [9.17, 15) is 15.0 Å². The average molecular weight is 1010 g/mol. The van der Waals surface area contributed by atoms with E-state index in [1.54, 1.807) is 6.08 Å². The number of carbonyl (C=O) groups excluding carboxylic acids is 1. The van der Waals surface area contributed by atoms with Crippen LogP contribution in [-0.2, 0) is 4.79 Å². The molecule has 0 aliphatic carbocycles. The third-order valence-corrected chi connectivity index (χ3v) is 15.6. The minimum absolute atomic E-state index is 0.0700. The summed E-state index contributed by atoms with van der Waals surface area (Å²) >= 11 is 0. The van der Waals surface area contributed by atoms with Crippen molar-refractivity contribution in [2.24, 2.45) is 0 Å². The van der Waals surface area contributed by atoms with Crippen LogP contribution in [0.15, 0.2) is 36.5 Å². The van der Waals surface area contributed by atoms with Gasteiger partial charge in [0.15, 0.2) is 0 Å². The van der Waals surface area contributed by atoms with Crippen molar-refractivity contribution in [1.82, 2.24) is 5.32 Å². The van der Waals surface area contributed by atoms with Gasteiger partial charge in [0.05, 0.1) is 18.8 Å². The van der Waals surface area contributed by atoms with Crippen LogP contribution in [0.5, 0.6) is 0 Å². The Labute approximate surface area is 452 Å². The molecule has 4 heteroatoms. The number of nitrogens with one attached hydrogen (secondary N) is 1. The predicted octanol–water partition coefficient (Wildman–Crippen LogP) is 22.4. The van der Waals surface area contributed by atoms with E-state index in [1.165, 1.54) is 315 Å². The summed E-state index contributed by atoms with van der Waals surface area (Å²) in [6, 6.07) is -0.645. The van der Waals surface area contributed by atoms with Crippen LogP contribution in [0.3, 0.4) is 0 Å². The fourth-order valence-electron chi connectivity index (χ4n) is 10.6. The molecule has 0 aromatic carbocycles. The van der Waals surface area contributed by atoms with Gasteiger partial charge in [-0.15, -0.1) is 0 Å². The fraction of sp³-hybridized carbons (Fsp3) is 0.897. The molecule has 0 aromatic heterocycles. The lowest BCUT2D eigenvalue weighted by molar-refractivity contribution is -0.123. The average Bonchev–Trinajstić information content (AvgIpc) is 3.39. The van der Waals surface area contributed by atoms with Crippen LogP contribution in [0.25, 0.3) is 0 Å². The number of carbonyl (C=O) groups is 1. The first-order valence-corrected chi connectivity index (χ1v) is 33.2. The SMILES string of the molecule is CCCCCCCCCCCCCCCCCCC/C=C/CC/C=C/CC/C=C/C(O)C(CO)NC(=O)CCCCCCCCCCCCCCCCCCCCCCCCCCCCCCCCCCC. The maximum Gasteiger partial charge on any atom is 0.220 e. The molecule has 0 saturated heterocycles. The van der Waals surface area contributed by atoms with Gasteiger partial charge >= 0.3 is 0 Å². The van der Waals surface area contributed by atoms with Crippen LogP contribution >= 0.6 is 0 Å². The van der Waals surface area contributed by atoms with Crippen LogP contribution in [0.1, 0.15) is 373 Å². The molecular formula is C68H131NO3. The monoisotopic (exact) mass is 1010 g/mol. The molecule has 4 nitrogen and oxygen atoms in total. The minimum Gasteiger partial charge on any atom is -0.394 e. The summed E-state index contributed by atoms with van der Waals surface area (Å²) in [7, 11) is 0. The molecule has 2 unspecified atom stereocenters. The summed E-state index contributed by atoms with van der Waals surface area (Å²) in [5, 5.41) is 23.2. The molecular weight excluding hydrogens is 879 g/mol. The molecule has 2 atom stereocenters. The number of rotatable bonds is 62. The van der Waals surface area contributed by atoms with Gasteiger partial charge in [-0.25, -0.2) is 0 Å². The number of hydrogen-bond donors (Lipinski definition) is 3. The highest BCUT2D eigenvalue weighted by molar-refractivity contribution is 5.76. The van der Waals surface area contributed by atoms with Crippen LogP contribution in [0, 0.1) is 0 Å². The smallest absolute Gasteiger partial charge is 0.220 e. The molecule has 0 bridgehead atoms. The Kier molecular flexibility index (Phi) is 62.7. The van der Waals surface area contributed by atoms with E-state index in [0.29, 0.717) is 6.42 Å². The van der Waals surface area contributed by atoms with Crippen molar-refractivity contribution in [2.75, 3.05) is 6.61 Å². The highest BCUT2D eigenvalue weighted by Gasteiger charge is 2.18. The Morgan fingerprint density at radius 2 is 0.542 bits per heavy atom. The van der Waals surface area contributed by atoms with Crippen LogP contribution in [0.4, 0.5) is 0 Å². The molecule has 0 aromatic rings. The molecule has 0 radical (unpaired) electrons. The number of amides is 1. The normalized spacial score (nSPS) is 12.9. The van der Waals surface area contributed by atoms with Crippen LogP contribution in [-0.4, -0.2) is 34.9 Å². The summed E-state index contributed by atoms with van der Waals surface area (Å²) in [6.07, 6.45) is 88.0. The fourth-order valence-corrected chi connectivity index (χ4v) is 10.6. The number of aliphatic hydroxyl groups excluding tert-OH is 2. The summed E-state index contributed by atoms with van der Waals surface area (Å²) in [5.41, 5.74) is 0. The summed E-state index contributed by atoms with van der Waals surface area (Å²) in [4.78, 5) is 12.5. The van der Waals surface area contributed by atoms with Crippen LogP contribution in [0.2, 0.25) is 0 Å². The molecule has 0 saturated carbocycles. The van der Waals surface area contributed by atoms with Crippen molar-refractivity contribution in [3.8, 4) is 0 Å². The third-order valence-electron chi connectivity index (χ3n) is 15.6. The highest BCUT2D eigenvalue weighted by Crippen LogP contribution is 2.19. The number of hydrogen-bond acceptors (Lipinski definition) is 3. The molecule has 0 aliphatic heterocycles. The lowest BCUT2D eigenvalue weighted by Gasteiger charge is -2.19. The van der Waals surface area contributed by atoms with Gasteiger partial charge in [0.2, 0.25) is 5.91 Å². The van der Waals surface area contributed by atoms with Crippen LogP contribution < -0.4 is 5.32 Å². The predicted molar refractivity (Wildman–Crippen MR) is 322 cm³/mol. The first-order chi connectivity index (χ1) is 35.7. The maximum absolute atomic E-state index is 12.5. The molecule has 0 aliphatic rings. The first-order valence-electron chi connectivity index (χ1n) is 33.2. The van der Waals surface area contributed by atoms with E-state index in [2.05, 4.69) is 43.5 Å². The van der Waals surface area contributed by atoms with Gasteiger partial charge in [-0.1, -0.05) is 359 Å². The topological polar surface area (TPSA) is 69.6 Å². The lowest BCUT2D eigenvalue weighted by Crippen LogP contribution is -2.45. The summed E-state index contributed by atoms with van der Waals surface area (Å²) < 4.78 is 0. The Morgan fingerprint density at radius 3 is 0.806 bits per heavy atom. The van der Waals surface area contributed by atoms with Crippen molar-refractivity contribution in [2.45, 2.75) is 386 Å². The molecule has 0 fully saturated rings. The molecule has 1 amide bonds. The second-order valence-electron chi connectivity index (χ2n) is 22.9.